The summed E-state index contributed by atoms with van der Waals surface area (Å²) in [5.74, 6) is -0.333. The third-order valence-electron chi connectivity index (χ3n) is 9.14. The molecule has 6 atom stereocenters. The Morgan fingerprint density at radius 3 is 1.69 bits per heavy atom. The van der Waals surface area contributed by atoms with Crippen LogP contribution in [0.5, 0.6) is 0 Å². The van der Waals surface area contributed by atoms with E-state index in [-0.39, 0.29) is 19.2 Å². The van der Waals surface area contributed by atoms with Gasteiger partial charge in [-0.3, -0.25) is 4.79 Å². The second-order valence-corrected chi connectivity index (χ2v) is 14.1. The van der Waals surface area contributed by atoms with Crippen molar-refractivity contribution in [2.75, 3.05) is 26.4 Å². The van der Waals surface area contributed by atoms with E-state index in [1.165, 1.54) is 38.5 Å². The van der Waals surface area contributed by atoms with Crippen LogP contribution in [0.4, 0.5) is 0 Å². The van der Waals surface area contributed by atoms with Crippen molar-refractivity contribution in [1.29, 1.82) is 0 Å². The molecule has 4 N–H and O–H groups in total. The highest BCUT2D eigenvalue weighted by molar-refractivity contribution is 5.69. The molecule has 54 heavy (non-hydrogen) atoms. The van der Waals surface area contributed by atoms with Crippen LogP contribution in [-0.2, 0) is 23.7 Å². The van der Waals surface area contributed by atoms with E-state index >= 15 is 0 Å². The lowest BCUT2D eigenvalue weighted by Crippen LogP contribution is -2.59. The molecule has 1 saturated heterocycles. The molecule has 0 spiro atoms. The Balaban J connectivity index is 2.29. The molecule has 9 nitrogen and oxygen atoms in total. The molecule has 0 saturated carbocycles. The van der Waals surface area contributed by atoms with Crippen molar-refractivity contribution in [3.63, 3.8) is 0 Å². The molecule has 0 radical (unpaired) electrons. The van der Waals surface area contributed by atoms with Crippen LogP contribution in [0.2, 0.25) is 0 Å². The highest BCUT2D eigenvalue weighted by Crippen LogP contribution is 2.22. The number of allylic oxidation sites excluding steroid dienone is 12. The first kappa shape index (κ1) is 49.6. The number of aliphatic hydroxyl groups excluding tert-OH is 4. The van der Waals surface area contributed by atoms with E-state index in [0.29, 0.717) is 13.0 Å². The quantitative estimate of drug-likeness (QED) is 0.0288. The number of hydrogen-bond donors (Lipinski definition) is 4. The van der Waals surface area contributed by atoms with Gasteiger partial charge in [-0.25, -0.2) is 0 Å². The van der Waals surface area contributed by atoms with Crippen LogP contribution in [0.15, 0.2) is 72.9 Å². The minimum atomic E-state index is -1.54. The Hall–Kier alpha value is -2.37. The van der Waals surface area contributed by atoms with E-state index in [1.54, 1.807) is 0 Å². The van der Waals surface area contributed by atoms with Crippen molar-refractivity contribution < 1.29 is 44.2 Å². The lowest BCUT2D eigenvalue weighted by Gasteiger charge is -2.39. The zero-order chi connectivity index (χ0) is 39.3. The Labute approximate surface area is 327 Å². The SMILES string of the molecule is CC/C=C\C/C=C\C/C=C\C/C=C\C/C=C\C/C=C\CCCCCOCC(COC1OC(CO)C(O)C(O)C1O)OC(=O)CCCCCCCCCCC. The van der Waals surface area contributed by atoms with Gasteiger partial charge in [-0.2, -0.15) is 0 Å². The predicted molar refractivity (Wildman–Crippen MR) is 219 cm³/mol. The van der Waals surface area contributed by atoms with Gasteiger partial charge >= 0.3 is 5.97 Å². The summed E-state index contributed by atoms with van der Waals surface area (Å²) in [7, 11) is 0. The maximum atomic E-state index is 12.7. The van der Waals surface area contributed by atoms with Crippen LogP contribution in [-0.4, -0.2) is 89.6 Å². The number of esters is 1. The molecule has 0 aliphatic carbocycles. The number of rotatable bonds is 34. The third-order valence-corrected chi connectivity index (χ3v) is 9.14. The molecule has 1 aliphatic rings. The van der Waals surface area contributed by atoms with Gasteiger partial charge in [0.15, 0.2) is 6.29 Å². The smallest absolute Gasteiger partial charge is 0.306 e. The van der Waals surface area contributed by atoms with Gasteiger partial charge in [-0.15, -0.1) is 0 Å². The summed E-state index contributed by atoms with van der Waals surface area (Å²) in [6.45, 7) is 4.31. The van der Waals surface area contributed by atoms with E-state index in [2.05, 4.69) is 86.8 Å². The summed E-state index contributed by atoms with van der Waals surface area (Å²) in [5.41, 5.74) is 0. The Morgan fingerprint density at radius 2 is 1.13 bits per heavy atom. The van der Waals surface area contributed by atoms with E-state index < -0.39 is 43.4 Å². The van der Waals surface area contributed by atoms with E-state index in [0.717, 1.165) is 83.5 Å². The minimum Gasteiger partial charge on any atom is -0.457 e. The Bertz CT molecular complexity index is 1050. The molecule has 0 amide bonds. The van der Waals surface area contributed by atoms with Gasteiger partial charge in [0.05, 0.1) is 19.8 Å². The number of unbranched alkanes of at least 4 members (excludes halogenated alkanes) is 11. The van der Waals surface area contributed by atoms with E-state index in [1.807, 2.05) is 0 Å². The normalized spacial score (nSPS) is 21.6. The summed E-state index contributed by atoms with van der Waals surface area (Å²) in [5, 5.41) is 40.0. The lowest BCUT2D eigenvalue weighted by atomic mass is 9.99. The minimum absolute atomic E-state index is 0.119. The van der Waals surface area contributed by atoms with Crippen molar-refractivity contribution in [1.82, 2.24) is 0 Å². The fourth-order valence-electron chi connectivity index (χ4n) is 5.85. The fourth-order valence-corrected chi connectivity index (χ4v) is 5.85. The molecule has 0 aromatic carbocycles. The molecule has 1 rings (SSSR count). The van der Waals surface area contributed by atoms with Crippen LogP contribution in [0.3, 0.4) is 0 Å². The predicted octanol–water partition coefficient (Wildman–Crippen LogP) is 8.91. The van der Waals surface area contributed by atoms with Gasteiger partial charge in [-0.05, 0) is 64.2 Å². The zero-order valence-electron chi connectivity index (χ0n) is 33.7. The summed E-state index contributed by atoms with van der Waals surface area (Å²) in [4.78, 5) is 12.7. The van der Waals surface area contributed by atoms with Crippen molar-refractivity contribution in [2.45, 2.75) is 179 Å². The fraction of sp³-hybridized carbons (Fsp3) is 0.711. The van der Waals surface area contributed by atoms with E-state index in [4.69, 9.17) is 18.9 Å². The number of hydrogen-bond acceptors (Lipinski definition) is 9. The van der Waals surface area contributed by atoms with Gasteiger partial charge in [0.1, 0.15) is 30.5 Å². The summed E-state index contributed by atoms with van der Waals surface area (Å²) in [6.07, 6.45) is 39.4. The number of carbonyl (C=O) groups excluding carboxylic acids is 1. The van der Waals surface area contributed by atoms with Crippen LogP contribution >= 0.6 is 0 Å². The first-order valence-corrected chi connectivity index (χ1v) is 21.0. The maximum Gasteiger partial charge on any atom is 0.306 e. The topological polar surface area (TPSA) is 135 Å². The largest absolute Gasteiger partial charge is 0.457 e. The molecular formula is C45H76O9. The molecule has 1 fully saturated rings. The molecule has 6 unspecified atom stereocenters. The summed E-state index contributed by atoms with van der Waals surface area (Å²) >= 11 is 0. The van der Waals surface area contributed by atoms with Crippen LogP contribution in [0.25, 0.3) is 0 Å². The van der Waals surface area contributed by atoms with Crippen LogP contribution < -0.4 is 0 Å². The highest BCUT2D eigenvalue weighted by atomic mass is 16.7. The maximum absolute atomic E-state index is 12.7. The van der Waals surface area contributed by atoms with Crippen molar-refractivity contribution >= 4 is 5.97 Å². The van der Waals surface area contributed by atoms with Gasteiger partial charge in [0.2, 0.25) is 0 Å². The standard InChI is InChI=1S/C45H76O9/c1-3-5-7-9-11-13-14-15-16-17-18-19-20-21-22-23-24-25-27-29-31-33-35-51-37-39(38-52-45-44(50)43(49)42(48)40(36-46)54-45)53-41(47)34-32-30-28-26-12-10-8-6-4-2/h5,7,11,13,15-16,18-19,21-22,24-25,39-40,42-46,48-50H,3-4,6,8-10,12,14,17,20,23,26-38H2,1-2H3/b7-5-,13-11-,16-15-,19-18-,22-21-,25-24-. The third kappa shape index (κ3) is 27.2. The average molecular weight is 761 g/mol. The van der Waals surface area contributed by atoms with Crippen molar-refractivity contribution in [2.24, 2.45) is 0 Å². The van der Waals surface area contributed by atoms with Crippen molar-refractivity contribution in [3.8, 4) is 0 Å². The molecule has 0 aromatic heterocycles. The van der Waals surface area contributed by atoms with Crippen LogP contribution in [0, 0.1) is 0 Å². The second kappa shape index (κ2) is 36.3. The molecule has 1 aliphatic heterocycles. The lowest BCUT2D eigenvalue weighted by molar-refractivity contribution is -0.305. The molecular weight excluding hydrogens is 684 g/mol. The first-order valence-electron chi connectivity index (χ1n) is 21.0. The number of carbonyl (C=O) groups is 1. The number of aliphatic hydroxyl groups is 4. The van der Waals surface area contributed by atoms with Gasteiger partial charge in [0.25, 0.3) is 0 Å². The Morgan fingerprint density at radius 1 is 0.611 bits per heavy atom. The van der Waals surface area contributed by atoms with Gasteiger partial charge < -0.3 is 39.4 Å². The summed E-state index contributed by atoms with van der Waals surface area (Å²) < 4.78 is 22.7. The van der Waals surface area contributed by atoms with Gasteiger partial charge in [-0.1, -0.05) is 145 Å². The van der Waals surface area contributed by atoms with Crippen molar-refractivity contribution in [3.05, 3.63) is 72.9 Å². The molecule has 9 heteroatoms. The summed E-state index contributed by atoms with van der Waals surface area (Å²) in [6, 6.07) is 0. The number of ether oxygens (including phenoxy) is 4. The highest BCUT2D eigenvalue weighted by Gasteiger charge is 2.44. The Kier molecular flexibility index (Phi) is 33.4. The van der Waals surface area contributed by atoms with Gasteiger partial charge in [0, 0.05) is 13.0 Å². The van der Waals surface area contributed by atoms with Crippen LogP contribution in [0.1, 0.15) is 142 Å². The first-order chi connectivity index (χ1) is 26.4. The molecule has 0 bridgehead atoms. The molecule has 1 heterocycles. The van der Waals surface area contributed by atoms with E-state index in [9.17, 15) is 25.2 Å². The second-order valence-electron chi connectivity index (χ2n) is 14.1. The monoisotopic (exact) mass is 761 g/mol. The molecule has 0 aromatic rings. The molecule has 310 valence electrons. The zero-order valence-corrected chi connectivity index (χ0v) is 33.7. The average Bonchev–Trinajstić information content (AvgIpc) is 3.17.